The number of amides is 4. The van der Waals surface area contributed by atoms with E-state index in [0.29, 0.717) is 25.4 Å². The van der Waals surface area contributed by atoms with Crippen molar-refractivity contribution in [1.82, 2.24) is 10.6 Å². The molecule has 7 nitrogen and oxygen atoms in total. The van der Waals surface area contributed by atoms with Crippen molar-refractivity contribution in [2.45, 2.75) is 19.8 Å². The Hall–Kier alpha value is -3.66. The number of nitrogens with one attached hydrogen (secondary N) is 3. The van der Waals surface area contributed by atoms with Crippen molar-refractivity contribution in [2.75, 3.05) is 36.5 Å². The van der Waals surface area contributed by atoms with Crippen molar-refractivity contribution in [2.24, 2.45) is 0 Å². The minimum absolute atomic E-state index is 0.0808. The monoisotopic (exact) mass is 406 g/mol. The number of unbranched alkanes of at least 4 members (excludes halogenated alkanes) is 1. The van der Waals surface area contributed by atoms with Crippen LogP contribution < -0.4 is 25.6 Å². The van der Waals surface area contributed by atoms with Crippen molar-refractivity contribution in [3.63, 3.8) is 0 Å². The van der Waals surface area contributed by atoms with Gasteiger partial charge in [0, 0.05) is 30.0 Å². The number of carbonyl (C=O) groups excluding carboxylic acids is 2. The van der Waals surface area contributed by atoms with Gasteiger partial charge in [-0.1, -0.05) is 25.2 Å². The predicted octanol–water partition coefficient (Wildman–Crippen LogP) is 3.57. The molecule has 1 fully saturated rings. The van der Waals surface area contributed by atoms with Gasteiger partial charge in [-0.05, 0) is 55.0 Å². The number of hydrogen-bond acceptors (Lipinski definition) is 3. The van der Waals surface area contributed by atoms with Gasteiger partial charge in [-0.2, -0.15) is 0 Å². The minimum atomic E-state index is -0.320. The summed E-state index contributed by atoms with van der Waals surface area (Å²) in [5.41, 5.74) is 2.35. The highest BCUT2D eigenvalue weighted by molar-refractivity contribution is 5.94. The molecule has 156 valence electrons. The molecule has 0 saturated carbocycles. The first-order valence-electron chi connectivity index (χ1n) is 10.1. The number of urea groups is 2. The number of ether oxygens (including phenoxy) is 1. The summed E-state index contributed by atoms with van der Waals surface area (Å²) in [5.74, 6) is 6.70. The highest BCUT2D eigenvalue weighted by Crippen LogP contribution is 2.17. The third kappa shape index (κ3) is 6.17. The van der Waals surface area contributed by atoms with Crippen LogP contribution in [0.25, 0.3) is 0 Å². The molecule has 1 heterocycles. The predicted molar refractivity (Wildman–Crippen MR) is 118 cm³/mol. The van der Waals surface area contributed by atoms with Gasteiger partial charge in [0.15, 0.2) is 0 Å². The summed E-state index contributed by atoms with van der Waals surface area (Å²) < 4.78 is 5.60. The summed E-state index contributed by atoms with van der Waals surface area (Å²) in [6, 6.07) is 14.3. The van der Waals surface area contributed by atoms with Gasteiger partial charge in [0.1, 0.15) is 5.75 Å². The number of carbonyl (C=O) groups is 2. The van der Waals surface area contributed by atoms with E-state index in [-0.39, 0.29) is 18.6 Å². The molecule has 2 aromatic rings. The van der Waals surface area contributed by atoms with E-state index in [1.165, 1.54) is 0 Å². The minimum Gasteiger partial charge on any atom is -0.494 e. The summed E-state index contributed by atoms with van der Waals surface area (Å²) in [7, 11) is 0. The van der Waals surface area contributed by atoms with Crippen LogP contribution in [0.2, 0.25) is 0 Å². The molecule has 0 unspecified atom stereocenters. The van der Waals surface area contributed by atoms with Crippen LogP contribution in [-0.4, -0.2) is 38.3 Å². The third-order valence-electron chi connectivity index (χ3n) is 4.48. The van der Waals surface area contributed by atoms with Crippen LogP contribution in [0, 0.1) is 11.8 Å². The van der Waals surface area contributed by atoms with Crippen LogP contribution in [0.5, 0.6) is 5.75 Å². The molecule has 0 radical (unpaired) electrons. The van der Waals surface area contributed by atoms with Crippen LogP contribution in [-0.2, 0) is 0 Å². The standard InChI is InChI=1S/C23H26N4O3/c1-2-3-17-30-21-12-8-19(9-13-21)26-22(28)24-14-4-5-18-6-10-20(11-7-18)27-16-15-25-23(27)29/h6-13H,2-3,14-17H2,1H3,(H,25,29)(H2,24,26,28). The second kappa shape index (κ2) is 10.8. The lowest BCUT2D eigenvalue weighted by Crippen LogP contribution is -2.28. The molecular formula is C23H26N4O3. The van der Waals surface area contributed by atoms with Gasteiger partial charge in [0.05, 0.1) is 13.2 Å². The van der Waals surface area contributed by atoms with Gasteiger partial charge < -0.3 is 20.7 Å². The van der Waals surface area contributed by atoms with Crippen LogP contribution in [0.3, 0.4) is 0 Å². The van der Waals surface area contributed by atoms with Crippen molar-refractivity contribution < 1.29 is 14.3 Å². The van der Waals surface area contributed by atoms with Gasteiger partial charge in [0.2, 0.25) is 0 Å². The lowest BCUT2D eigenvalue weighted by Gasteiger charge is -2.13. The van der Waals surface area contributed by atoms with Crippen LogP contribution in [0.4, 0.5) is 21.0 Å². The van der Waals surface area contributed by atoms with E-state index in [1.807, 2.05) is 36.4 Å². The third-order valence-corrected chi connectivity index (χ3v) is 4.48. The topological polar surface area (TPSA) is 82.7 Å². The fourth-order valence-electron chi connectivity index (χ4n) is 2.86. The fraction of sp³-hybridized carbons (Fsp3) is 0.304. The first-order valence-corrected chi connectivity index (χ1v) is 10.1. The molecule has 1 aliphatic rings. The molecular weight excluding hydrogens is 380 g/mol. The molecule has 7 heteroatoms. The van der Waals surface area contributed by atoms with E-state index in [2.05, 4.69) is 34.7 Å². The van der Waals surface area contributed by atoms with Gasteiger partial charge >= 0.3 is 12.1 Å². The molecule has 0 atom stereocenters. The number of nitrogens with zero attached hydrogens (tertiary/aromatic N) is 1. The first-order chi connectivity index (χ1) is 14.7. The molecule has 0 aliphatic carbocycles. The highest BCUT2D eigenvalue weighted by atomic mass is 16.5. The van der Waals surface area contributed by atoms with E-state index in [0.717, 1.165) is 29.8 Å². The van der Waals surface area contributed by atoms with Crippen molar-refractivity contribution in [3.05, 3.63) is 54.1 Å². The SMILES string of the molecule is CCCCOc1ccc(NC(=O)NCC#Cc2ccc(N3CCNC3=O)cc2)cc1. The maximum atomic E-state index is 12.0. The van der Waals surface area contributed by atoms with Gasteiger partial charge in [-0.3, -0.25) is 4.90 Å². The molecule has 3 rings (SSSR count). The quantitative estimate of drug-likeness (QED) is 0.486. The maximum Gasteiger partial charge on any atom is 0.321 e. The van der Waals surface area contributed by atoms with Crippen LogP contribution >= 0.6 is 0 Å². The number of anilines is 2. The number of rotatable bonds is 7. The van der Waals surface area contributed by atoms with E-state index < -0.39 is 0 Å². The maximum absolute atomic E-state index is 12.0. The Morgan fingerprint density at radius 1 is 1.17 bits per heavy atom. The van der Waals surface area contributed by atoms with E-state index in [1.54, 1.807) is 17.0 Å². The fourth-order valence-corrected chi connectivity index (χ4v) is 2.86. The molecule has 4 amide bonds. The van der Waals surface area contributed by atoms with Crippen molar-refractivity contribution in [1.29, 1.82) is 0 Å². The Morgan fingerprint density at radius 3 is 2.60 bits per heavy atom. The molecule has 30 heavy (non-hydrogen) atoms. The lowest BCUT2D eigenvalue weighted by molar-refractivity contribution is 0.251. The molecule has 3 N–H and O–H groups in total. The van der Waals surface area contributed by atoms with Crippen LogP contribution in [0.15, 0.2) is 48.5 Å². The van der Waals surface area contributed by atoms with Crippen molar-refractivity contribution in [3.8, 4) is 17.6 Å². The zero-order valence-electron chi connectivity index (χ0n) is 17.0. The molecule has 1 aliphatic heterocycles. The lowest BCUT2D eigenvalue weighted by atomic mass is 10.2. The highest BCUT2D eigenvalue weighted by Gasteiger charge is 2.20. The second-order valence-electron chi connectivity index (χ2n) is 6.77. The molecule has 0 bridgehead atoms. The normalized spacial score (nSPS) is 12.6. The average Bonchev–Trinajstić information content (AvgIpc) is 3.19. The molecule has 0 spiro atoms. The summed E-state index contributed by atoms with van der Waals surface area (Å²) in [6.45, 7) is 4.35. The Kier molecular flexibility index (Phi) is 7.56. The summed E-state index contributed by atoms with van der Waals surface area (Å²) in [4.78, 5) is 25.3. The van der Waals surface area contributed by atoms with E-state index in [9.17, 15) is 9.59 Å². The van der Waals surface area contributed by atoms with Crippen molar-refractivity contribution >= 4 is 23.4 Å². The molecule has 0 aromatic heterocycles. The Labute approximate surface area is 176 Å². The summed E-state index contributed by atoms with van der Waals surface area (Å²) in [6.07, 6.45) is 2.11. The van der Waals surface area contributed by atoms with Crippen LogP contribution in [0.1, 0.15) is 25.3 Å². The van der Waals surface area contributed by atoms with E-state index >= 15 is 0 Å². The first kappa shape index (κ1) is 21.1. The zero-order chi connectivity index (χ0) is 21.2. The smallest absolute Gasteiger partial charge is 0.321 e. The Bertz CT molecular complexity index is 914. The summed E-state index contributed by atoms with van der Waals surface area (Å²) >= 11 is 0. The van der Waals surface area contributed by atoms with Gasteiger partial charge in [-0.25, -0.2) is 9.59 Å². The summed E-state index contributed by atoms with van der Waals surface area (Å²) in [5, 5.41) is 8.24. The van der Waals surface area contributed by atoms with Gasteiger partial charge in [-0.15, -0.1) is 0 Å². The Morgan fingerprint density at radius 2 is 1.93 bits per heavy atom. The molecule has 1 saturated heterocycles. The number of hydrogen-bond donors (Lipinski definition) is 3. The number of benzene rings is 2. The largest absolute Gasteiger partial charge is 0.494 e. The van der Waals surface area contributed by atoms with Gasteiger partial charge in [0.25, 0.3) is 0 Å². The second-order valence-corrected chi connectivity index (χ2v) is 6.77. The average molecular weight is 406 g/mol. The molecule has 2 aromatic carbocycles. The zero-order valence-corrected chi connectivity index (χ0v) is 17.0. The Balaban J connectivity index is 1.41. The van der Waals surface area contributed by atoms with E-state index in [4.69, 9.17) is 4.74 Å².